The Bertz CT molecular complexity index is 491. The molecule has 2 nitrogen and oxygen atoms in total. The molecule has 0 aliphatic rings. The highest BCUT2D eigenvalue weighted by molar-refractivity contribution is 6.31. The summed E-state index contributed by atoms with van der Waals surface area (Å²) in [4.78, 5) is 11.7. The van der Waals surface area contributed by atoms with Crippen LogP contribution >= 0.6 is 11.6 Å². The minimum Gasteiger partial charge on any atom is -0.461 e. The zero-order valence-corrected chi connectivity index (χ0v) is 8.29. The highest BCUT2D eigenvalue weighted by Gasteiger charge is 2.17. The zero-order valence-electron chi connectivity index (χ0n) is 7.54. The number of furan rings is 1. The van der Waals surface area contributed by atoms with E-state index in [0.29, 0.717) is 0 Å². The van der Waals surface area contributed by atoms with Gasteiger partial charge in [-0.1, -0.05) is 17.7 Å². The highest BCUT2D eigenvalue weighted by atomic mass is 35.5. The summed E-state index contributed by atoms with van der Waals surface area (Å²) in [5, 5.41) is -0.0765. The summed E-state index contributed by atoms with van der Waals surface area (Å²) in [6.45, 7) is 0. The molecule has 4 heteroatoms. The quantitative estimate of drug-likeness (QED) is 0.733. The van der Waals surface area contributed by atoms with Crippen molar-refractivity contribution in [2.75, 3.05) is 0 Å². The molecule has 2 aromatic rings. The van der Waals surface area contributed by atoms with Gasteiger partial charge in [-0.25, -0.2) is 4.39 Å². The topological polar surface area (TPSA) is 30.2 Å². The van der Waals surface area contributed by atoms with Gasteiger partial charge in [-0.05, 0) is 24.3 Å². The lowest BCUT2D eigenvalue weighted by Gasteiger charge is -2.00. The van der Waals surface area contributed by atoms with Crippen LogP contribution in [0.5, 0.6) is 0 Å². The average Bonchev–Trinajstić information content (AvgIpc) is 2.74. The van der Waals surface area contributed by atoms with Gasteiger partial charge in [0, 0.05) is 0 Å². The molecule has 76 valence electrons. The smallest absolute Gasteiger partial charge is 0.231 e. The lowest BCUT2D eigenvalue weighted by atomic mass is 10.1. The van der Waals surface area contributed by atoms with Crippen LogP contribution in [0.15, 0.2) is 41.0 Å². The normalized spacial score (nSPS) is 10.3. The first-order chi connectivity index (χ1) is 7.20. The Morgan fingerprint density at radius 3 is 2.73 bits per heavy atom. The molecule has 0 spiro atoms. The number of benzene rings is 1. The third-order valence-corrected chi connectivity index (χ3v) is 2.23. The van der Waals surface area contributed by atoms with Gasteiger partial charge in [0.25, 0.3) is 0 Å². The number of hydrogen-bond donors (Lipinski definition) is 0. The number of ketones is 1. The van der Waals surface area contributed by atoms with Crippen molar-refractivity contribution in [1.82, 2.24) is 0 Å². The second-order valence-corrected chi connectivity index (χ2v) is 3.32. The molecule has 0 N–H and O–H groups in total. The van der Waals surface area contributed by atoms with E-state index in [4.69, 9.17) is 16.0 Å². The van der Waals surface area contributed by atoms with Crippen molar-refractivity contribution < 1.29 is 13.6 Å². The number of halogens is 2. The van der Waals surface area contributed by atoms with E-state index >= 15 is 0 Å². The Hall–Kier alpha value is -1.61. The Morgan fingerprint density at radius 2 is 2.07 bits per heavy atom. The maximum Gasteiger partial charge on any atom is 0.231 e. The molecule has 0 unspecified atom stereocenters. The molecule has 1 aromatic carbocycles. The van der Waals surface area contributed by atoms with Crippen LogP contribution in [-0.2, 0) is 0 Å². The fourth-order valence-corrected chi connectivity index (χ4v) is 1.39. The summed E-state index contributed by atoms with van der Waals surface area (Å²) in [7, 11) is 0. The zero-order chi connectivity index (χ0) is 10.8. The van der Waals surface area contributed by atoms with Crippen LogP contribution in [0.1, 0.15) is 16.1 Å². The molecule has 0 bridgehead atoms. The predicted molar refractivity (Wildman–Crippen MR) is 53.6 cm³/mol. The monoisotopic (exact) mass is 224 g/mol. The fraction of sp³-hybridized carbons (Fsp3) is 0. The van der Waals surface area contributed by atoms with Crippen LogP contribution < -0.4 is 0 Å². The molecule has 0 saturated heterocycles. The van der Waals surface area contributed by atoms with Crippen molar-refractivity contribution in [3.63, 3.8) is 0 Å². The van der Waals surface area contributed by atoms with E-state index in [9.17, 15) is 9.18 Å². The fourth-order valence-electron chi connectivity index (χ4n) is 1.22. The Labute approximate surface area is 90.3 Å². The molecule has 0 radical (unpaired) electrons. The van der Waals surface area contributed by atoms with Crippen LogP contribution in [0.2, 0.25) is 5.02 Å². The van der Waals surface area contributed by atoms with Gasteiger partial charge in [0.15, 0.2) is 11.6 Å². The van der Waals surface area contributed by atoms with Gasteiger partial charge >= 0.3 is 0 Å². The van der Waals surface area contributed by atoms with Gasteiger partial charge in [-0.15, -0.1) is 0 Å². The van der Waals surface area contributed by atoms with Crippen molar-refractivity contribution >= 4 is 17.4 Å². The number of hydrogen-bond acceptors (Lipinski definition) is 2. The van der Waals surface area contributed by atoms with Gasteiger partial charge < -0.3 is 4.42 Å². The van der Waals surface area contributed by atoms with E-state index in [1.165, 1.54) is 30.5 Å². The van der Waals surface area contributed by atoms with Crippen LogP contribution in [0.25, 0.3) is 0 Å². The second-order valence-electron chi connectivity index (χ2n) is 2.91. The van der Waals surface area contributed by atoms with Gasteiger partial charge in [-0.3, -0.25) is 4.79 Å². The third kappa shape index (κ3) is 1.78. The van der Waals surface area contributed by atoms with Crippen LogP contribution in [0.4, 0.5) is 4.39 Å². The van der Waals surface area contributed by atoms with Crippen molar-refractivity contribution in [3.8, 4) is 0 Å². The Kier molecular flexibility index (Phi) is 2.56. The van der Waals surface area contributed by atoms with E-state index in [1.807, 2.05) is 0 Å². The van der Waals surface area contributed by atoms with E-state index < -0.39 is 11.6 Å². The summed E-state index contributed by atoms with van der Waals surface area (Å²) in [6.07, 6.45) is 1.36. The Balaban J connectivity index is 2.47. The lowest BCUT2D eigenvalue weighted by molar-refractivity contribution is 0.101. The van der Waals surface area contributed by atoms with E-state index in [1.54, 1.807) is 6.07 Å². The van der Waals surface area contributed by atoms with Crippen LogP contribution in [0.3, 0.4) is 0 Å². The molecular formula is C11H6ClFO2. The van der Waals surface area contributed by atoms with Crippen molar-refractivity contribution in [2.45, 2.75) is 0 Å². The molecule has 0 amide bonds. The predicted octanol–water partition coefficient (Wildman–Crippen LogP) is 3.30. The first kappa shape index (κ1) is 9.93. The van der Waals surface area contributed by atoms with Crippen LogP contribution in [0, 0.1) is 5.82 Å². The average molecular weight is 225 g/mol. The Morgan fingerprint density at radius 1 is 1.27 bits per heavy atom. The standard InChI is InChI=1S/C11H6ClFO2/c12-8-4-1-3-7(10(8)13)11(14)9-5-2-6-15-9/h1-6H. The van der Waals surface area contributed by atoms with Gasteiger partial charge in [0.2, 0.25) is 5.78 Å². The minimum atomic E-state index is -0.722. The molecule has 1 aromatic heterocycles. The van der Waals surface area contributed by atoms with Gasteiger partial charge in [-0.2, -0.15) is 0 Å². The van der Waals surface area contributed by atoms with Gasteiger partial charge in [0.05, 0.1) is 16.8 Å². The first-order valence-corrected chi connectivity index (χ1v) is 4.60. The number of carbonyl (C=O) groups excluding carboxylic acids is 1. The van der Waals surface area contributed by atoms with Crippen molar-refractivity contribution in [3.05, 3.63) is 58.8 Å². The molecule has 0 aliphatic carbocycles. The summed E-state index contributed by atoms with van der Waals surface area (Å²) in [5.74, 6) is -1.14. The lowest BCUT2D eigenvalue weighted by Crippen LogP contribution is -2.03. The largest absolute Gasteiger partial charge is 0.461 e. The van der Waals surface area contributed by atoms with E-state index in [2.05, 4.69) is 0 Å². The molecule has 0 fully saturated rings. The summed E-state index contributed by atoms with van der Waals surface area (Å²) in [6, 6.07) is 7.31. The molecule has 1 heterocycles. The highest BCUT2D eigenvalue weighted by Crippen LogP contribution is 2.20. The van der Waals surface area contributed by atoms with E-state index in [0.717, 1.165) is 0 Å². The van der Waals surface area contributed by atoms with E-state index in [-0.39, 0.29) is 16.3 Å². The first-order valence-electron chi connectivity index (χ1n) is 4.22. The molecule has 0 saturated carbocycles. The maximum absolute atomic E-state index is 13.4. The molecule has 0 aliphatic heterocycles. The minimum absolute atomic E-state index is 0.0765. The van der Waals surface area contributed by atoms with Crippen molar-refractivity contribution in [2.24, 2.45) is 0 Å². The van der Waals surface area contributed by atoms with Crippen LogP contribution in [-0.4, -0.2) is 5.78 Å². The summed E-state index contributed by atoms with van der Waals surface area (Å²) < 4.78 is 18.3. The van der Waals surface area contributed by atoms with Crippen molar-refractivity contribution in [1.29, 1.82) is 0 Å². The molecule has 15 heavy (non-hydrogen) atoms. The number of carbonyl (C=O) groups is 1. The molecule has 0 atom stereocenters. The summed E-state index contributed by atoms with van der Waals surface area (Å²) >= 11 is 5.56. The summed E-state index contributed by atoms with van der Waals surface area (Å²) in [5.41, 5.74) is -0.0857. The second kappa shape index (κ2) is 3.87. The molecule has 2 rings (SSSR count). The third-order valence-electron chi connectivity index (χ3n) is 1.94. The van der Waals surface area contributed by atoms with Gasteiger partial charge in [0.1, 0.15) is 0 Å². The molecular weight excluding hydrogens is 219 g/mol. The SMILES string of the molecule is O=C(c1ccco1)c1cccc(Cl)c1F. The number of rotatable bonds is 2. The maximum atomic E-state index is 13.4.